The lowest BCUT2D eigenvalue weighted by Gasteiger charge is -2.34. The number of likely N-dealkylation sites (tertiary alicyclic amines) is 1. The number of benzene rings is 1. The van der Waals surface area contributed by atoms with E-state index in [0.29, 0.717) is 19.0 Å². The van der Waals surface area contributed by atoms with Crippen molar-refractivity contribution in [2.24, 2.45) is 0 Å². The topological polar surface area (TPSA) is 91.0 Å². The molecule has 31 heavy (non-hydrogen) atoms. The highest BCUT2D eigenvalue weighted by Gasteiger charge is 2.44. The third-order valence-electron chi connectivity index (χ3n) is 6.74. The molecule has 0 radical (unpaired) electrons. The standard InChI is InChI=1S/C23H32N4O4/c1-23(21(29)24-22(30)25-23)16-20(28)27-10-7-19(8-11-27)18-4-2-17(3-5-18)6-9-26-12-14-31-15-13-26/h2-5,19H,6-16H2,1H3,(H2,24,25,29,30). The third-order valence-corrected chi connectivity index (χ3v) is 6.74. The van der Waals surface area contributed by atoms with Crippen LogP contribution in [0.25, 0.3) is 0 Å². The molecular formula is C23H32N4O4. The van der Waals surface area contributed by atoms with Gasteiger partial charge in [0.15, 0.2) is 0 Å². The van der Waals surface area contributed by atoms with Crippen LogP contribution in [0, 0.1) is 0 Å². The van der Waals surface area contributed by atoms with Gasteiger partial charge in [-0.3, -0.25) is 19.8 Å². The molecule has 3 fully saturated rings. The van der Waals surface area contributed by atoms with Crippen LogP contribution in [0.1, 0.15) is 43.2 Å². The van der Waals surface area contributed by atoms with Crippen molar-refractivity contribution in [3.8, 4) is 0 Å². The minimum absolute atomic E-state index is 0.00687. The van der Waals surface area contributed by atoms with Gasteiger partial charge < -0.3 is 15.0 Å². The summed E-state index contributed by atoms with van der Waals surface area (Å²) in [5, 5.41) is 4.77. The van der Waals surface area contributed by atoms with Crippen LogP contribution >= 0.6 is 0 Å². The van der Waals surface area contributed by atoms with E-state index >= 15 is 0 Å². The molecule has 3 aliphatic rings. The maximum absolute atomic E-state index is 12.7. The van der Waals surface area contributed by atoms with Gasteiger partial charge in [0.05, 0.1) is 19.6 Å². The van der Waals surface area contributed by atoms with Gasteiger partial charge in [0.2, 0.25) is 5.91 Å². The molecule has 4 amide bonds. The highest BCUT2D eigenvalue weighted by atomic mass is 16.5. The Morgan fingerprint density at radius 1 is 1.10 bits per heavy atom. The summed E-state index contributed by atoms with van der Waals surface area (Å²) in [4.78, 5) is 40.3. The fourth-order valence-electron chi connectivity index (χ4n) is 4.65. The number of hydrogen-bond donors (Lipinski definition) is 2. The number of urea groups is 1. The van der Waals surface area contributed by atoms with Gasteiger partial charge in [-0.2, -0.15) is 0 Å². The third kappa shape index (κ3) is 5.25. The zero-order valence-corrected chi connectivity index (χ0v) is 18.2. The minimum atomic E-state index is -1.15. The van der Waals surface area contributed by atoms with Crippen LogP contribution in [0.5, 0.6) is 0 Å². The first kappa shape index (κ1) is 21.8. The molecule has 3 heterocycles. The number of morpholine rings is 1. The van der Waals surface area contributed by atoms with Gasteiger partial charge in [-0.25, -0.2) is 4.79 Å². The van der Waals surface area contributed by atoms with Gasteiger partial charge >= 0.3 is 6.03 Å². The fraction of sp³-hybridized carbons (Fsp3) is 0.609. The maximum atomic E-state index is 12.7. The quantitative estimate of drug-likeness (QED) is 0.666. The Morgan fingerprint density at radius 3 is 2.39 bits per heavy atom. The molecular weight excluding hydrogens is 396 g/mol. The molecule has 168 valence electrons. The van der Waals surface area contributed by atoms with Gasteiger partial charge in [0.25, 0.3) is 5.91 Å². The summed E-state index contributed by atoms with van der Waals surface area (Å²) in [7, 11) is 0. The normalized spacial score (nSPS) is 25.4. The highest BCUT2D eigenvalue weighted by molar-refractivity contribution is 6.08. The monoisotopic (exact) mass is 428 g/mol. The predicted octanol–water partition coefficient (Wildman–Crippen LogP) is 1.26. The number of carbonyl (C=O) groups is 3. The minimum Gasteiger partial charge on any atom is -0.379 e. The Hall–Kier alpha value is -2.45. The number of piperidine rings is 1. The number of rotatable bonds is 6. The Bertz CT molecular complexity index is 813. The largest absolute Gasteiger partial charge is 0.379 e. The average molecular weight is 429 g/mol. The van der Waals surface area contributed by atoms with E-state index in [4.69, 9.17) is 4.74 Å². The summed E-state index contributed by atoms with van der Waals surface area (Å²) >= 11 is 0. The SMILES string of the molecule is CC1(CC(=O)N2CCC(c3ccc(CCN4CCOCC4)cc3)CC2)NC(=O)NC1=O. The average Bonchev–Trinajstić information content (AvgIpc) is 3.04. The van der Waals surface area contributed by atoms with E-state index < -0.39 is 17.5 Å². The second-order valence-corrected chi connectivity index (χ2v) is 9.02. The molecule has 0 bridgehead atoms. The van der Waals surface area contributed by atoms with Crippen molar-refractivity contribution in [1.29, 1.82) is 0 Å². The molecule has 1 unspecified atom stereocenters. The van der Waals surface area contributed by atoms with Gasteiger partial charge in [-0.15, -0.1) is 0 Å². The lowest BCUT2D eigenvalue weighted by molar-refractivity contribution is -0.137. The number of nitrogens with zero attached hydrogens (tertiary/aromatic N) is 2. The molecule has 2 N–H and O–H groups in total. The van der Waals surface area contributed by atoms with Crippen molar-refractivity contribution in [2.75, 3.05) is 45.9 Å². The molecule has 0 aromatic heterocycles. The molecule has 1 aromatic rings. The van der Waals surface area contributed by atoms with Crippen molar-refractivity contribution in [3.63, 3.8) is 0 Å². The van der Waals surface area contributed by atoms with Gasteiger partial charge in [-0.05, 0) is 43.2 Å². The van der Waals surface area contributed by atoms with Crippen LogP contribution in [0.2, 0.25) is 0 Å². The predicted molar refractivity (Wildman–Crippen MR) is 116 cm³/mol. The van der Waals surface area contributed by atoms with Crippen LogP contribution in [0.3, 0.4) is 0 Å². The zero-order valence-electron chi connectivity index (χ0n) is 18.2. The first-order valence-corrected chi connectivity index (χ1v) is 11.2. The number of hydrogen-bond acceptors (Lipinski definition) is 5. The van der Waals surface area contributed by atoms with Crippen LogP contribution in [-0.2, 0) is 20.7 Å². The maximum Gasteiger partial charge on any atom is 0.322 e. The Kier molecular flexibility index (Phi) is 6.57. The molecule has 3 aliphatic heterocycles. The summed E-state index contributed by atoms with van der Waals surface area (Å²) in [5.74, 6) is -0.0754. The van der Waals surface area contributed by atoms with E-state index in [1.807, 2.05) is 4.90 Å². The van der Waals surface area contributed by atoms with Crippen molar-refractivity contribution in [1.82, 2.24) is 20.4 Å². The first-order chi connectivity index (χ1) is 14.9. The van der Waals surface area contributed by atoms with E-state index in [2.05, 4.69) is 39.8 Å². The summed E-state index contributed by atoms with van der Waals surface area (Å²) in [6, 6.07) is 8.39. The molecule has 3 saturated heterocycles. The molecule has 8 heteroatoms. The number of imide groups is 1. The molecule has 0 aliphatic carbocycles. The molecule has 0 saturated carbocycles. The summed E-state index contributed by atoms with van der Waals surface area (Å²) in [6.45, 7) is 7.72. The molecule has 0 spiro atoms. The summed E-state index contributed by atoms with van der Waals surface area (Å²) < 4.78 is 5.40. The molecule has 8 nitrogen and oxygen atoms in total. The van der Waals surface area contributed by atoms with Gasteiger partial charge in [0, 0.05) is 32.7 Å². The Balaban J connectivity index is 1.24. The Labute approximate surface area is 183 Å². The highest BCUT2D eigenvalue weighted by Crippen LogP contribution is 2.29. The second-order valence-electron chi connectivity index (χ2n) is 9.02. The smallest absolute Gasteiger partial charge is 0.322 e. The lowest BCUT2D eigenvalue weighted by Crippen LogP contribution is -2.49. The van der Waals surface area contributed by atoms with Crippen molar-refractivity contribution >= 4 is 17.8 Å². The van der Waals surface area contributed by atoms with Crippen LogP contribution in [0.4, 0.5) is 4.79 Å². The van der Waals surface area contributed by atoms with Crippen LogP contribution in [0.15, 0.2) is 24.3 Å². The van der Waals surface area contributed by atoms with E-state index in [1.165, 1.54) is 11.1 Å². The fourth-order valence-corrected chi connectivity index (χ4v) is 4.65. The zero-order chi connectivity index (χ0) is 21.8. The van der Waals surface area contributed by atoms with E-state index in [1.54, 1.807) is 6.92 Å². The summed E-state index contributed by atoms with van der Waals surface area (Å²) in [5.41, 5.74) is 1.53. The number of nitrogens with one attached hydrogen (secondary N) is 2. The van der Waals surface area contributed by atoms with Crippen LogP contribution in [-0.4, -0.2) is 79.1 Å². The second kappa shape index (κ2) is 9.36. The van der Waals surface area contributed by atoms with Gasteiger partial charge in [-0.1, -0.05) is 24.3 Å². The van der Waals surface area contributed by atoms with Crippen molar-refractivity contribution in [2.45, 2.75) is 44.1 Å². The van der Waals surface area contributed by atoms with E-state index in [-0.39, 0.29) is 12.3 Å². The van der Waals surface area contributed by atoms with E-state index in [9.17, 15) is 14.4 Å². The van der Waals surface area contributed by atoms with E-state index in [0.717, 1.165) is 52.1 Å². The number of ether oxygens (including phenoxy) is 1. The van der Waals surface area contributed by atoms with Gasteiger partial charge in [0.1, 0.15) is 5.54 Å². The molecule has 1 atom stereocenters. The Morgan fingerprint density at radius 2 is 1.77 bits per heavy atom. The van der Waals surface area contributed by atoms with Crippen molar-refractivity contribution in [3.05, 3.63) is 35.4 Å². The number of amides is 4. The van der Waals surface area contributed by atoms with Crippen molar-refractivity contribution < 1.29 is 19.1 Å². The first-order valence-electron chi connectivity index (χ1n) is 11.2. The number of carbonyl (C=O) groups excluding carboxylic acids is 3. The van der Waals surface area contributed by atoms with Crippen LogP contribution < -0.4 is 10.6 Å². The lowest BCUT2D eigenvalue weighted by atomic mass is 9.88. The molecule has 1 aromatic carbocycles. The summed E-state index contributed by atoms with van der Waals surface area (Å²) in [6.07, 6.45) is 2.87. The molecule has 4 rings (SSSR count).